The van der Waals surface area contributed by atoms with Gasteiger partial charge in [-0.25, -0.2) is 26.4 Å². The molecule has 45 heavy (non-hydrogen) atoms. The maximum atomic E-state index is 13.9. The molecule has 2 aliphatic heterocycles. The molecule has 2 fully saturated rings. The minimum atomic E-state index is -4.12. The Morgan fingerprint density at radius 1 is 0.978 bits per heavy atom. The molecule has 14 heteroatoms. The van der Waals surface area contributed by atoms with Crippen LogP contribution in [-0.4, -0.2) is 61.7 Å². The molecule has 0 aromatic heterocycles. The van der Waals surface area contributed by atoms with Crippen molar-refractivity contribution in [2.24, 2.45) is 0 Å². The van der Waals surface area contributed by atoms with Crippen molar-refractivity contribution in [1.82, 2.24) is 10.2 Å². The fourth-order valence-electron chi connectivity index (χ4n) is 6.04. The molecule has 2 unspecified atom stereocenters. The average Bonchev–Trinajstić information content (AvgIpc) is 3.27. The van der Waals surface area contributed by atoms with E-state index in [1.807, 2.05) is 30.3 Å². The first-order valence-corrected chi connectivity index (χ1v) is 16.0. The minimum absolute atomic E-state index is 0.113. The Hall–Kier alpha value is -4.10. The lowest BCUT2D eigenvalue weighted by atomic mass is 9.98. The van der Waals surface area contributed by atoms with Crippen molar-refractivity contribution in [2.75, 3.05) is 12.4 Å². The van der Waals surface area contributed by atoms with Crippen molar-refractivity contribution >= 4 is 45.0 Å². The number of benzene rings is 3. The molecule has 2 saturated heterocycles. The average molecular weight is 664 g/mol. The summed E-state index contributed by atoms with van der Waals surface area (Å²) in [4.78, 5) is 40.1. The zero-order valence-electron chi connectivity index (χ0n) is 23.9. The van der Waals surface area contributed by atoms with Gasteiger partial charge in [-0.15, -0.1) is 0 Å². The molecule has 0 radical (unpaired) electrons. The monoisotopic (exact) mass is 663 g/mol. The molecule has 3 aromatic carbocycles. The van der Waals surface area contributed by atoms with Crippen molar-refractivity contribution in [2.45, 2.75) is 60.4 Å². The molecule has 2 N–H and O–H groups in total. The molecule has 0 saturated carbocycles. The van der Waals surface area contributed by atoms with E-state index in [2.05, 4.69) is 10.6 Å². The van der Waals surface area contributed by atoms with Gasteiger partial charge in [-0.3, -0.25) is 9.59 Å². The lowest BCUT2D eigenvalue weighted by molar-refractivity contribution is -0.137. The van der Waals surface area contributed by atoms with Crippen LogP contribution in [0.25, 0.3) is 0 Å². The number of nitrogens with zero attached hydrogens (tertiary/aromatic N) is 1. The van der Waals surface area contributed by atoms with E-state index in [4.69, 9.17) is 16.3 Å². The van der Waals surface area contributed by atoms with Gasteiger partial charge in [0.05, 0.1) is 22.3 Å². The Labute approximate surface area is 262 Å². The number of sulfone groups is 1. The summed E-state index contributed by atoms with van der Waals surface area (Å²) in [5.74, 6) is -5.93. The van der Waals surface area contributed by atoms with E-state index < -0.39 is 62.7 Å². The Morgan fingerprint density at radius 3 is 2.20 bits per heavy atom. The van der Waals surface area contributed by atoms with E-state index in [1.165, 1.54) is 19.2 Å². The fraction of sp³-hybridized carbons (Fsp3) is 0.323. The molecule has 0 spiro atoms. The molecule has 3 aromatic rings. The van der Waals surface area contributed by atoms with Crippen molar-refractivity contribution < 1.29 is 40.7 Å². The number of halogens is 4. The number of ether oxygens (including phenoxy) is 1. The smallest absolute Gasteiger partial charge is 0.407 e. The number of anilines is 1. The van der Waals surface area contributed by atoms with Crippen molar-refractivity contribution in [3.05, 3.63) is 94.3 Å². The molecule has 238 valence electrons. The van der Waals surface area contributed by atoms with Crippen LogP contribution in [0.2, 0.25) is 5.02 Å². The van der Waals surface area contributed by atoms with Crippen molar-refractivity contribution in [3.8, 4) is 0 Å². The Balaban J connectivity index is 1.34. The maximum Gasteiger partial charge on any atom is 0.407 e. The first-order chi connectivity index (χ1) is 21.4. The highest BCUT2D eigenvalue weighted by Crippen LogP contribution is 2.41. The summed E-state index contributed by atoms with van der Waals surface area (Å²) in [5, 5.41) is 3.80. The molecule has 5 rings (SSSR count). The number of amides is 3. The van der Waals surface area contributed by atoms with Crippen molar-refractivity contribution in [3.63, 3.8) is 0 Å². The second-order valence-electron chi connectivity index (χ2n) is 11.0. The van der Waals surface area contributed by atoms with Gasteiger partial charge in [0.2, 0.25) is 5.91 Å². The van der Waals surface area contributed by atoms with E-state index in [0.717, 1.165) is 11.6 Å². The van der Waals surface area contributed by atoms with E-state index in [1.54, 1.807) is 4.90 Å². The number of carbonyl (C=O) groups excluding carboxylic acids is 3. The van der Waals surface area contributed by atoms with Gasteiger partial charge >= 0.3 is 6.09 Å². The standard InChI is InChI=1S/C31H29ClF3N3O6S/c1-44-31(41)37-26(11-17-5-3-2-4-6-17)30(40)38-20-8-9-21(38)16-22(15-20)45(42,43)27-12-18(7-10-23(27)32)29(39)36-19-13-24(33)28(35)25(34)14-19/h2-7,10,12-14,20-22,26H,8-9,11,15-16H2,1H3,(H,36,39)(H,37,41)/t20-,21?,22?,26-/m0/s1. The number of hydrogen-bond acceptors (Lipinski definition) is 6. The van der Waals surface area contributed by atoms with Gasteiger partial charge in [0.25, 0.3) is 5.91 Å². The number of piperidine rings is 1. The van der Waals surface area contributed by atoms with E-state index in [0.29, 0.717) is 25.0 Å². The van der Waals surface area contributed by atoms with E-state index in [9.17, 15) is 36.0 Å². The van der Waals surface area contributed by atoms with E-state index in [-0.39, 0.29) is 46.3 Å². The van der Waals surface area contributed by atoms with Crippen LogP contribution < -0.4 is 10.6 Å². The molecule has 2 bridgehead atoms. The van der Waals surface area contributed by atoms with Crippen LogP contribution in [0.4, 0.5) is 23.7 Å². The summed E-state index contributed by atoms with van der Waals surface area (Å²) >= 11 is 6.30. The van der Waals surface area contributed by atoms with Gasteiger partial charge in [-0.05, 0) is 49.4 Å². The number of hydrogen-bond donors (Lipinski definition) is 2. The summed E-state index contributed by atoms with van der Waals surface area (Å²) in [6, 6.07) is 12.1. The van der Waals surface area contributed by atoms with Crippen LogP contribution in [-0.2, 0) is 25.8 Å². The maximum absolute atomic E-state index is 13.9. The highest BCUT2D eigenvalue weighted by Gasteiger charge is 2.49. The van der Waals surface area contributed by atoms with Crippen LogP contribution >= 0.6 is 11.6 Å². The lowest BCUT2D eigenvalue weighted by Crippen LogP contribution is -2.56. The highest BCUT2D eigenvalue weighted by atomic mass is 35.5. The van der Waals surface area contributed by atoms with Gasteiger partial charge in [-0.2, -0.15) is 0 Å². The molecule has 2 aliphatic rings. The van der Waals surface area contributed by atoms with Crippen molar-refractivity contribution in [1.29, 1.82) is 0 Å². The molecule has 2 heterocycles. The molecular weight excluding hydrogens is 635 g/mol. The number of methoxy groups -OCH3 is 1. The third-order valence-electron chi connectivity index (χ3n) is 8.18. The highest BCUT2D eigenvalue weighted by molar-refractivity contribution is 7.92. The molecule has 3 amide bonds. The first kappa shape index (κ1) is 32.3. The number of alkyl carbamates (subject to hydrolysis) is 1. The van der Waals surface area contributed by atoms with Crippen LogP contribution in [0.3, 0.4) is 0 Å². The first-order valence-electron chi connectivity index (χ1n) is 14.1. The fourth-order valence-corrected chi connectivity index (χ4v) is 8.43. The second kappa shape index (κ2) is 13.1. The number of carbonyl (C=O) groups is 3. The Bertz CT molecular complexity index is 1710. The summed E-state index contributed by atoms with van der Waals surface area (Å²) in [7, 11) is -2.92. The predicted octanol–water partition coefficient (Wildman–Crippen LogP) is 5.27. The summed E-state index contributed by atoms with van der Waals surface area (Å²) in [5.41, 5.74) is 0.304. The van der Waals surface area contributed by atoms with Crippen LogP contribution in [0.5, 0.6) is 0 Å². The minimum Gasteiger partial charge on any atom is -0.453 e. The number of nitrogens with one attached hydrogen (secondary N) is 2. The Morgan fingerprint density at radius 2 is 1.60 bits per heavy atom. The van der Waals surface area contributed by atoms with Gasteiger partial charge in [0.15, 0.2) is 27.3 Å². The molecule has 4 atom stereocenters. The third kappa shape index (κ3) is 6.79. The second-order valence-corrected chi connectivity index (χ2v) is 13.6. The normalized spacial score (nSPS) is 19.9. The summed E-state index contributed by atoms with van der Waals surface area (Å²) in [6.07, 6.45) is 0.819. The van der Waals surface area contributed by atoms with Crippen LogP contribution in [0.15, 0.2) is 65.6 Å². The summed E-state index contributed by atoms with van der Waals surface area (Å²) < 4.78 is 73.1. The number of rotatable bonds is 8. The molecule has 9 nitrogen and oxygen atoms in total. The Kier molecular flexibility index (Phi) is 9.40. The molecule has 0 aliphatic carbocycles. The third-order valence-corrected chi connectivity index (χ3v) is 10.8. The van der Waals surface area contributed by atoms with E-state index >= 15 is 0 Å². The zero-order valence-corrected chi connectivity index (χ0v) is 25.5. The summed E-state index contributed by atoms with van der Waals surface area (Å²) in [6.45, 7) is 0. The predicted molar refractivity (Wildman–Crippen MR) is 159 cm³/mol. The largest absolute Gasteiger partial charge is 0.453 e. The number of fused-ring (bicyclic) bond motifs is 2. The quantitative estimate of drug-likeness (QED) is 0.317. The SMILES string of the molecule is COC(=O)N[C@@H](Cc1ccccc1)C(=O)N1C2CC[C@H]1CC(S(=O)(=O)c1cc(C(=O)Nc3cc(F)c(F)c(F)c3)ccc1Cl)C2. The molecular formula is C31H29ClF3N3O6S. The van der Waals surface area contributed by atoms with Gasteiger partial charge in [-0.1, -0.05) is 41.9 Å². The van der Waals surface area contributed by atoms with Gasteiger partial charge in [0, 0.05) is 41.9 Å². The van der Waals surface area contributed by atoms with Gasteiger partial charge in [0.1, 0.15) is 6.04 Å². The topological polar surface area (TPSA) is 122 Å². The zero-order chi connectivity index (χ0) is 32.5. The lowest BCUT2D eigenvalue weighted by Gasteiger charge is -2.40. The van der Waals surface area contributed by atoms with Crippen LogP contribution in [0.1, 0.15) is 41.6 Å². The van der Waals surface area contributed by atoms with Gasteiger partial charge < -0.3 is 20.3 Å². The van der Waals surface area contributed by atoms with Crippen LogP contribution in [0, 0.1) is 17.5 Å².